The first kappa shape index (κ1) is 15.4. The fraction of sp³-hybridized carbons (Fsp3) is 0.0588. The number of hydrogen-bond donors (Lipinski definition) is 1. The molecular weight excluding hydrogens is 314 g/mol. The third kappa shape index (κ3) is 2.63. The van der Waals surface area contributed by atoms with Gasteiger partial charge in [-0.05, 0) is 36.8 Å². The van der Waals surface area contributed by atoms with Gasteiger partial charge >= 0.3 is 11.6 Å². The Morgan fingerprint density at radius 3 is 2.83 bits per heavy atom. The number of pyridine rings is 1. The SMILES string of the molecule is Cc1cc(=O)oc2c(C=O)c(Oc3ncccc3C(=O)O)ccc12. The number of aromatic nitrogens is 1. The Labute approximate surface area is 135 Å². The van der Waals surface area contributed by atoms with Gasteiger partial charge in [0, 0.05) is 17.6 Å². The zero-order valence-corrected chi connectivity index (χ0v) is 12.5. The van der Waals surface area contributed by atoms with E-state index in [1.165, 1.54) is 30.5 Å². The Morgan fingerprint density at radius 2 is 2.12 bits per heavy atom. The molecule has 3 aromatic rings. The van der Waals surface area contributed by atoms with E-state index in [1.807, 2.05) is 0 Å². The van der Waals surface area contributed by atoms with Crippen LogP contribution in [-0.4, -0.2) is 22.3 Å². The van der Waals surface area contributed by atoms with Crippen LogP contribution in [0.5, 0.6) is 11.6 Å². The van der Waals surface area contributed by atoms with Crippen LogP contribution in [-0.2, 0) is 0 Å². The van der Waals surface area contributed by atoms with Gasteiger partial charge in [0.2, 0.25) is 5.88 Å². The minimum atomic E-state index is -1.21. The summed E-state index contributed by atoms with van der Waals surface area (Å²) in [7, 11) is 0. The molecule has 1 aromatic carbocycles. The van der Waals surface area contributed by atoms with Gasteiger partial charge in [0.15, 0.2) is 11.9 Å². The first-order chi connectivity index (χ1) is 11.5. The molecule has 0 fully saturated rings. The highest BCUT2D eigenvalue weighted by molar-refractivity contribution is 5.98. The van der Waals surface area contributed by atoms with Crippen LogP contribution in [0.25, 0.3) is 11.0 Å². The van der Waals surface area contributed by atoms with Gasteiger partial charge in [0.1, 0.15) is 16.9 Å². The number of hydrogen-bond acceptors (Lipinski definition) is 6. The average Bonchev–Trinajstić information content (AvgIpc) is 2.54. The molecular formula is C17H11NO6. The second-order valence-electron chi connectivity index (χ2n) is 4.98. The topological polar surface area (TPSA) is 107 Å². The summed E-state index contributed by atoms with van der Waals surface area (Å²) in [5.74, 6) is -1.33. The molecule has 0 aliphatic carbocycles. The Kier molecular flexibility index (Phi) is 3.83. The third-order valence-corrected chi connectivity index (χ3v) is 3.44. The van der Waals surface area contributed by atoms with Crippen LogP contribution >= 0.6 is 0 Å². The van der Waals surface area contributed by atoms with Gasteiger partial charge in [0.25, 0.3) is 0 Å². The van der Waals surface area contributed by atoms with Crippen LogP contribution < -0.4 is 10.4 Å². The maximum absolute atomic E-state index is 11.6. The predicted molar refractivity (Wildman–Crippen MR) is 83.9 cm³/mol. The van der Waals surface area contributed by atoms with Gasteiger partial charge in [-0.25, -0.2) is 14.6 Å². The van der Waals surface area contributed by atoms with Gasteiger partial charge in [-0.15, -0.1) is 0 Å². The van der Waals surface area contributed by atoms with Crippen LogP contribution in [0.1, 0.15) is 26.3 Å². The summed E-state index contributed by atoms with van der Waals surface area (Å²) in [6.45, 7) is 1.72. The molecule has 7 heteroatoms. The van der Waals surface area contributed by atoms with Crippen LogP contribution in [0, 0.1) is 6.92 Å². The van der Waals surface area contributed by atoms with Crippen molar-refractivity contribution in [3.8, 4) is 11.6 Å². The highest BCUT2D eigenvalue weighted by Gasteiger charge is 2.17. The van der Waals surface area contributed by atoms with Crippen molar-refractivity contribution in [3.05, 3.63) is 63.6 Å². The molecule has 0 atom stereocenters. The van der Waals surface area contributed by atoms with E-state index in [1.54, 1.807) is 13.0 Å². The Balaban J connectivity index is 2.20. The number of nitrogens with zero attached hydrogens (tertiary/aromatic N) is 1. The van der Waals surface area contributed by atoms with Crippen LogP contribution in [0.3, 0.4) is 0 Å². The summed E-state index contributed by atoms with van der Waals surface area (Å²) in [5.41, 5.74) is 0.0000102. The lowest BCUT2D eigenvalue weighted by Crippen LogP contribution is -2.04. The van der Waals surface area contributed by atoms with Crippen molar-refractivity contribution in [3.63, 3.8) is 0 Å². The number of carbonyl (C=O) groups excluding carboxylic acids is 1. The Morgan fingerprint density at radius 1 is 1.33 bits per heavy atom. The van der Waals surface area contributed by atoms with Gasteiger partial charge in [-0.1, -0.05) is 0 Å². The van der Waals surface area contributed by atoms with E-state index in [9.17, 15) is 14.4 Å². The maximum atomic E-state index is 11.6. The van der Waals surface area contributed by atoms with E-state index in [-0.39, 0.29) is 28.3 Å². The number of aryl methyl sites for hydroxylation is 1. The molecule has 0 aliphatic heterocycles. The quantitative estimate of drug-likeness (QED) is 0.580. The van der Waals surface area contributed by atoms with E-state index in [0.717, 1.165) is 0 Å². The minimum absolute atomic E-state index is 0.00953. The van der Waals surface area contributed by atoms with Gasteiger partial charge in [0.05, 0.1) is 0 Å². The van der Waals surface area contributed by atoms with Crippen molar-refractivity contribution in [2.75, 3.05) is 0 Å². The van der Waals surface area contributed by atoms with Crippen LogP contribution in [0.4, 0.5) is 0 Å². The van der Waals surface area contributed by atoms with Gasteiger partial charge in [-0.3, -0.25) is 4.79 Å². The molecule has 7 nitrogen and oxygen atoms in total. The standard InChI is InChI=1S/C17H11NO6/c1-9-7-14(20)24-15-10(9)4-5-13(12(15)8-19)23-16-11(17(21)22)3-2-6-18-16/h2-8H,1H3,(H,21,22). The summed E-state index contributed by atoms with van der Waals surface area (Å²) in [6, 6.07) is 7.23. The lowest BCUT2D eigenvalue weighted by atomic mass is 10.1. The van der Waals surface area contributed by atoms with E-state index >= 15 is 0 Å². The smallest absolute Gasteiger partial charge is 0.341 e. The highest BCUT2D eigenvalue weighted by Crippen LogP contribution is 2.31. The molecule has 0 amide bonds. The molecule has 0 spiro atoms. The molecule has 1 N–H and O–H groups in total. The molecule has 2 heterocycles. The zero-order chi connectivity index (χ0) is 17.3. The second kappa shape index (κ2) is 5.96. The summed E-state index contributed by atoms with van der Waals surface area (Å²) in [4.78, 5) is 38.2. The molecule has 0 aliphatic rings. The monoisotopic (exact) mass is 325 g/mol. The molecule has 0 saturated heterocycles. The number of aromatic carboxylic acids is 1. The lowest BCUT2D eigenvalue weighted by Gasteiger charge is -2.11. The van der Waals surface area contributed by atoms with E-state index in [4.69, 9.17) is 14.3 Å². The van der Waals surface area contributed by atoms with Crippen molar-refractivity contribution in [2.45, 2.75) is 6.92 Å². The van der Waals surface area contributed by atoms with Crippen LogP contribution in [0.2, 0.25) is 0 Å². The van der Waals surface area contributed by atoms with E-state index < -0.39 is 11.6 Å². The lowest BCUT2D eigenvalue weighted by molar-refractivity contribution is 0.0693. The Bertz CT molecular complexity index is 1020. The van der Waals surface area contributed by atoms with Gasteiger partial charge < -0.3 is 14.3 Å². The van der Waals surface area contributed by atoms with Crippen LogP contribution in [0.15, 0.2) is 45.7 Å². The minimum Gasteiger partial charge on any atom is -0.477 e. The number of carboxylic acids is 1. The normalized spacial score (nSPS) is 10.5. The number of ether oxygens (including phenoxy) is 1. The van der Waals surface area contributed by atoms with Gasteiger partial charge in [-0.2, -0.15) is 0 Å². The number of rotatable bonds is 4. The second-order valence-corrected chi connectivity index (χ2v) is 4.98. The van der Waals surface area contributed by atoms with E-state index in [2.05, 4.69) is 4.98 Å². The van der Waals surface area contributed by atoms with E-state index in [0.29, 0.717) is 17.2 Å². The number of fused-ring (bicyclic) bond motifs is 1. The molecule has 2 aromatic heterocycles. The first-order valence-electron chi connectivity index (χ1n) is 6.90. The third-order valence-electron chi connectivity index (χ3n) is 3.44. The molecule has 120 valence electrons. The molecule has 0 unspecified atom stereocenters. The van der Waals surface area contributed by atoms with Crippen molar-refractivity contribution < 1.29 is 23.8 Å². The first-order valence-corrected chi connectivity index (χ1v) is 6.90. The summed E-state index contributed by atoms with van der Waals surface area (Å²) in [5, 5.41) is 9.75. The maximum Gasteiger partial charge on any atom is 0.341 e. The average molecular weight is 325 g/mol. The highest BCUT2D eigenvalue weighted by atomic mass is 16.5. The fourth-order valence-electron chi connectivity index (χ4n) is 2.33. The van der Waals surface area contributed by atoms with Crippen molar-refractivity contribution in [1.29, 1.82) is 0 Å². The number of aldehydes is 1. The summed E-state index contributed by atoms with van der Waals surface area (Å²) in [6.07, 6.45) is 1.86. The molecule has 24 heavy (non-hydrogen) atoms. The molecule has 3 rings (SSSR count). The summed E-state index contributed by atoms with van der Waals surface area (Å²) >= 11 is 0. The zero-order valence-electron chi connectivity index (χ0n) is 12.5. The predicted octanol–water partition coefficient (Wildman–Crippen LogP) is 2.80. The number of carboxylic acid groups (broad SMARTS) is 1. The molecule has 0 saturated carbocycles. The van der Waals surface area contributed by atoms with Crippen molar-refractivity contribution in [2.24, 2.45) is 0 Å². The molecule has 0 radical (unpaired) electrons. The Hall–Kier alpha value is -3.48. The fourth-order valence-corrected chi connectivity index (χ4v) is 2.33. The molecule has 0 bridgehead atoms. The number of benzene rings is 1. The van der Waals surface area contributed by atoms with Crippen molar-refractivity contribution in [1.82, 2.24) is 4.98 Å². The number of carbonyl (C=O) groups is 2. The van der Waals surface area contributed by atoms with Crippen molar-refractivity contribution >= 4 is 23.2 Å². The summed E-state index contributed by atoms with van der Waals surface area (Å²) < 4.78 is 10.6. The largest absolute Gasteiger partial charge is 0.477 e.